The smallest absolute Gasteiger partial charge is 0.230 e. The molecule has 9 heteroatoms. The lowest BCUT2D eigenvalue weighted by Gasteiger charge is -2.47. The third kappa shape index (κ3) is 3.49. The Morgan fingerprint density at radius 3 is 2.59 bits per heavy atom. The molecular formula is C23H24FN7O. The number of amides is 1. The van der Waals surface area contributed by atoms with E-state index in [1.165, 1.54) is 18.5 Å². The zero-order chi connectivity index (χ0) is 22.5. The maximum atomic E-state index is 13.2. The average Bonchev–Trinajstić information content (AvgIpc) is 3.37. The topological polar surface area (TPSA) is 80.3 Å². The van der Waals surface area contributed by atoms with Gasteiger partial charge in [0.1, 0.15) is 17.7 Å². The fourth-order valence-electron chi connectivity index (χ4n) is 4.18. The number of anilines is 1. The summed E-state index contributed by atoms with van der Waals surface area (Å²) >= 11 is 0. The van der Waals surface area contributed by atoms with Gasteiger partial charge in [0, 0.05) is 43.7 Å². The second kappa shape index (κ2) is 7.44. The summed E-state index contributed by atoms with van der Waals surface area (Å²) in [5.41, 5.74) is 3.23. The zero-order valence-corrected chi connectivity index (χ0v) is 18.2. The Hall–Kier alpha value is -3.75. The van der Waals surface area contributed by atoms with Crippen LogP contribution in [0.1, 0.15) is 25.5 Å². The lowest BCUT2D eigenvalue weighted by atomic mass is 9.80. The van der Waals surface area contributed by atoms with Gasteiger partial charge in [-0.3, -0.25) is 9.48 Å². The molecule has 164 valence electrons. The van der Waals surface area contributed by atoms with Crippen molar-refractivity contribution in [2.45, 2.75) is 19.9 Å². The number of nitrogens with zero attached hydrogens (tertiary/aromatic N) is 6. The Morgan fingerprint density at radius 2 is 1.91 bits per heavy atom. The molecule has 5 rings (SSSR count). The van der Waals surface area contributed by atoms with Crippen molar-refractivity contribution in [1.29, 1.82) is 0 Å². The standard InChI is InChI=1S/C23H24FN7O/c1-15(16-4-6-19(24)7-5-16)28-22(32)23(2)12-30(13-23)21-20-8-17(11-31(20)27-14-25-21)18-9-26-29(3)10-18/h4-11,14-15H,12-13H2,1-3H3,(H,28,32)/t15-/m0/s1. The Morgan fingerprint density at radius 1 is 1.16 bits per heavy atom. The molecule has 1 aromatic carbocycles. The molecule has 1 aliphatic heterocycles. The summed E-state index contributed by atoms with van der Waals surface area (Å²) < 4.78 is 16.7. The van der Waals surface area contributed by atoms with Gasteiger partial charge >= 0.3 is 0 Å². The van der Waals surface area contributed by atoms with Crippen LogP contribution >= 0.6 is 0 Å². The third-order valence-electron chi connectivity index (χ3n) is 6.07. The molecule has 1 fully saturated rings. The molecular weight excluding hydrogens is 409 g/mol. The van der Waals surface area contributed by atoms with E-state index in [0.717, 1.165) is 28.0 Å². The van der Waals surface area contributed by atoms with E-state index < -0.39 is 5.41 Å². The molecule has 4 aromatic rings. The molecule has 32 heavy (non-hydrogen) atoms. The lowest BCUT2D eigenvalue weighted by Crippen LogP contribution is -2.62. The summed E-state index contributed by atoms with van der Waals surface area (Å²) in [6, 6.07) is 8.04. The zero-order valence-electron chi connectivity index (χ0n) is 18.2. The molecule has 1 saturated heterocycles. The van der Waals surface area contributed by atoms with Crippen molar-refractivity contribution in [3.05, 3.63) is 66.6 Å². The minimum atomic E-state index is -0.533. The lowest BCUT2D eigenvalue weighted by molar-refractivity contribution is -0.132. The van der Waals surface area contributed by atoms with Crippen molar-refractivity contribution >= 4 is 17.2 Å². The average molecular weight is 433 g/mol. The van der Waals surface area contributed by atoms with Crippen molar-refractivity contribution < 1.29 is 9.18 Å². The van der Waals surface area contributed by atoms with Crippen LogP contribution in [0.15, 0.2) is 55.2 Å². The van der Waals surface area contributed by atoms with Gasteiger partial charge < -0.3 is 10.2 Å². The Bertz CT molecular complexity index is 1290. The number of hydrogen-bond donors (Lipinski definition) is 1. The molecule has 4 heterocycles. The van der Waals surface area contributed by atoms with Crippen molar-refractivity contribution in [2.24, 2.45) is 12.5 Å². The minimum Gasteiger partial charge on any atom is -0.352 e. The highest BCUT2D eigenvalue weighted by atomic mass is 19.1. The summed E-state index contributed by atoms with van der Waals surface area (Å²) in [5, 5.41) is 11.6. The molecule has 0 saturated carbocycles. The predicted octanol–water partition coefficient (Wildman–Crippen LogP) is 2.97. The van der Waals surface area contributed by atoms with Crippen molar-refractivity contribution in [2.75, 3.05) is 18.0 Å². The normalized spacial score (nSPS) is 16.1. The highest BCUT2D eigenvalue weighted by Gasteiger charge is 2.46. The van der Waals surface area contributed by atoms with E-state index in [1.54, 1.807) is 21.3 Å². The van der Waals surface area contributed by atoms with Crippen molar-refractivity contribution in [3.8, 4) is 11.1 Å². The molecule has 1 aliphatic rings. The first-order chi connectivity index (χ1) is 15.3. The minimum absolute atomic E-state index is 0.0258. The first-order valence-electron chi connectivity index (χ1n) is 10.5. The van der Waals surface area contributed by atoms with Crippen molar-refractivity contribution in [3.63, 3.8) is 0 Å². The number of hydrogen-bond acceptors (Lipinski definition) is 5. The van der Waals surface area contributed by atoms with E-state index in [0.29, 0.717) is 13.1 Å². The van der Waals surface area contributed by atoms with Gasteiger partial charge in [0.2, 0.25) is 5.91 Å². The second-order valence-electron chi connectivity index (χ2n) is 8.71. The number of nitrogens with one attached hydrogen (secondary N) is 1. The number of aromatic nitrogens is 5. The SMILES string of the molecule is C[C@H](NC(=O)C1(C)CN(c2ncnn3cc(-c4cnn(C)c4)cc23)C1)c1ccc(F)cc1. The van der Waals surface area contributed by atoms with Gasteiger partial charge in [-0.05, 0) is 37.6 Å². The first kappa shape index (κ1) is 20.2. The maximum Gasteiger partial charge on any atom is 0.230 e. The Balaban J connectivity index is 1.31. The highest BCUT2D eigenvalue weighted by Crippen LogP contribution is 2.36. The van der Waals surface area contributed by atoms with E-state index in [9.17, 15) is 9.18 Å². The molecule has 3 aromatic heterocycles. The second-order valence-corrected chi connectivity index (χ2v) is 8.71. The van der Waals surface area contributed by atoms with Crippen LogP contribution in [-0.2, 0) is 11.8 Å². The fourth-order valence-corrected chi connectivity index (χ4v) is 4.18. The summed E-state index contributed by atoms with van der Waals surface area (Å²) in [7, 11) is 1.88. The quantitative estimate of drug-likeness (QED) is 0.523. The molecule has 1 amide bonds. The largest absolute Gasteiger partial charge is 0.352 e. The summed E-state index contributed by atoms with van der Waals surface area (Å²) in [6.45, 7) is 4.96. The predicted molar refractivity (Wildman–Crippen MR) is 118 cm³/mol. The van der Waals surface area contributed by atoms with Crippen LogP contribution in [0.2, 0.25) is 0 Å². The van der Waals surface area contributed by atoms with E-state index >= 15 is 0 Å². The van der Waals surface area contributed by atoms with Crippen LogP contribution in [0.3, 0.4) is 0 Å². The summed E-state index contributed by atoms with van der Waals surface area (Å²) in [6.07, 6.45) is 7.25. The molecule has 0 spiro atoms. The van der Waals surface area contributed by atoms with Gasteiger partial charge in [0.05, 0.1) is 17.7 Å². The number of carbonyl (C=O) groups excluding carboxylic acids is 1. The molecule has 0 unspecified atom stereocenters. The van der Waals surface area contributed by atoms with Gasteiger partial charge in [-0.25, -0.2) is 13.9 Å². The number of benzene rings is 1. The monoisotopic (exact) mass is 433 g/mol. The molecule has 0 bridgehead atoms. The van der Waals surface area contributed by atoms with Crippen LogP contribution < -0.4 is 10.2 Å². The van der Waals surface area contributed by atoms with Gasteiger partial charge in [0.15, 0.2) is 5.82 Å². The van der Waals surface area contributed by atoms with Gasteiger partial charge in [0.25, 0.3) is 0 Å². The highest BCUT2D eigenvalue weighted by molar-refractivity contribution is 5.87. The van der Waals surface area contributed by atoms with Crippen LogP contribution in [0.5, 0.6) is 0 Å². The van der Waals surface area contributed by atoms with Crippen LogP contribution in [-0.4, -0.2) is 43.4 Å². The van der Waals surface area contributed by atoms with E-state index in [2.05, 4.69) is 25.4 Å². The van der Waals surface area contributed by atoms with E-state index in [4.69, 9.17) is 0 Å². The third-order valence-corrected chi connectivity index (χ3v) is 6.07. The molecule has 1 N–H and O–H groups in total. The van der Waals surface area contributed by atoms with Crippen molar-refractivity contribution in [1.82, 2.24) is 29.7 Å². The fraction of sp³-hybridized carbons (Fsp3) is 0.304. The number of carbonyl (C=O) groups is 1. The Labute approximate surface area is 184 Å². The number of rotatable bonds is 5. The van der Waals surface area contributed by atoms with Gasteiger partial charge in [-0.2, -0.15) is 10.2 Å². The van der Waals surface area contributed by atoms with Crippen LogP contribution in [0.4, 0.5) is 10.2 Å². The molecule has 1 atom stereocenters. The number of fused-ring (bicyclic) bond motifs is 1. The molecule has 0 aliphatic carbocycles. The Kier molecular flexibility index (Phi) is 4.69. The summed E-state index contributed by atoms with van der Waals surface area (Å²) in [5.74, 6) is 0.483. The maximum absolute atomic E-state index is 13.2. The number of halogens is 1. The van der Waals surface area contributed by atoms with Crippen LogP contribution in [0.25, 0.3) is 16.6 Å². The van der Waals surface area contributed by atoms with E-state index in [-0.39, 0.29) is 17.8 Å². The van der Waals surface area contributed by atoms with E-state index in [1.807, 2.05) is 45.6 Å². The molecule has 8 nitrogen and oxygen atoms in total. The van der Waals surface area contributed by atoms with Gasteiger partial charge in [-0.15, -0.1) is 0 Å². The first-order valence-corrected chi connectivity index (χ1v) is 10.5. The van der Waals surface area contributed by atoms with Crippen LogP contribution in [0, 0.1) is 11.2 Å². The number of aryl methyl sites for hydroxylation is 1. The summed E-state index contributed by atoms with van der Waals surface area (Å²) in [4.78, 5) is 19.5. The van der Waals surface area contributed by atoms with Gasteiger partial charge in [-0.1, -0.05) is 12.1 Å². The molecule has 0 radical (unpaired) electrons.